The van der Waals surface area contributed by atoms with Crippen molar-refractivity contribution < 1.29 is 9.47 Å². The SMILES string of the molecule is CCCCOCCNCc1ccc(OCCC(C)C)cc1. The van der Waals surface area contributed by atoms with Crippen molar-refractivity contribution in [3.05, 3.63) is 29.8 Å². The summed E-state index contributed by atoms with van der Waals surface area (Å²) in [4.78, 5) is 0. The molecule has 0 unspecified atom stereocenters. The number of hydrogen-bond acceptors (Lipinski definition) is 3. The Bertz CT molecular complexity index is 349. The largest absolute Gasteiger partial charge is 0.494 e. The van der Waals surface area contributed by atoms with E-state index in [2.05, 4.69) is 50.4 Å². The monoisotopic (exact) mass is 293 g/mol. The molecule has 0 fully saturated rings. The van der Waals surface area contributed by atoms with Gasteiger partial charge in [0.25, 0.3) is 0 Å². The van der Waals surface area contributed by atoms with Crippen LogP contribution in [0.15, 0.2) is 24.3 Å². The van der Waals surface area contributed by atoms with Gasteiger partial charge in [0.15, 0.2) is 0 Å². The van der Waals surface area contributed by atoms with Gasteiger partial charge in [0.05, 0.1) is 13.2 Å². The van der Waals surface area contributed by atoms with Crippen molar-refractivity contribution in [1.29, 1.82) is 0 Å². The van der Waals surface area contributed by atoms with E-state index in [1.165, 1.54) is 12.0 Å². The fraction of sp³-hybridized carbons (Fsp3) is 0.667. The minimum atomic E-state index is 0.688. The van der Waals surface area contributed by atoms with Crippen LogP contribution in [0.2, 0.25) is 0 Å². The molecule has 1 aromatic rings. The Kier molecular flexibility index (Phi) is 9.92. The molecule has 1 N–H and O–H groups in total. The first-order chi connectivity index (χ1) is 10.2. The number of nitrogens with one attached hydrogen (secondary N) is 1. The Morgan fingerprint density at radius 1 is 1.05 bits per heavy atom. The molecule has 0 aliphatic carbocycles. The van der Waals surface area contributed by atoms with Crippen LogP contribution in [-0.4, -0.2) is 26.4 Å². The van der Waals surface area contributed by atoms with Gasteiger partial charge in [-0.1, -0.05) is 39.3 Å². The van der Waals surface area contributed by atoms with E-state index in [-0.39, 0.29) is 0 Å². The molecule has 1 aromatic carbocycles. The van der Waals surface area contributed by atoms with Gasteiger partial charge in [0, 0.05) is 19.7 Å². The van der Waals surface area contributed by atoms with Crippen LogP contribution in [0.1, 0.15) is 45.6 Å². The minimum Gasteiger partial charge on any atom is -0.494 e. The molecule has 0 atom stereocenters. The predicted molar refractivity (Wildman–Crippen MR) is 88.8 cm³/mol. The van der Waals surface area contributed by atoms with E-state index in [0.717, 1.165) is 51.5 Å². The summed E-state index contributed by atoms with van der Waals surface area (Å²) in [6.07, 6.45) is 3.44. The second-order valence-corrected chi connectivity index (χ2v) is 5.82. The topological polar surface area (TPSA) is 30.5 Å². The highest BCUT2D eigenvalue weighted by atomic mass is 16.5. The Balaban J connectivity index is 2.10. The molecule has 0 radical (unpaired) electrons. The molecule has 0 amide bonds. The van der Waals surface area contributed by atoms with E-state index < -0.39 is 0 Å². The van der Waals surface area contributed by atoms with Crippen molar-refractivity contribution in [3.8, 4) is 5.75 Å². The first kappa shape index (κ1) is 18.0. The highest BCUT2D eigenvalue weighted by Gasteiger charge is 1.98. The molecule has 0 saturated carbocycles. The fourth-order valence-electron chi connectivity index (χ4n) is 1.84. The summed E-state index contributed by atoms with van der Waals surface area (Å²) in [6.45, 7) is 10.8. The van der Waals surface area contributed by atoms with Crippen LogP contribution in [0.3, 0.4) is 0 Å². The van der Waals surface area contributed by atoms with Gasteiger partial charge in [-0.25, -0.2) is 0 Å². The van der Waals surface area contributed by atoms with Crippen LogP contribution in [0.5, 0.6) is 5.75 Å². The van der Waals surface area contributed by atoms with Crippen molar-refractivity contribution >= 4 is 0 Å². The normalized spacial score (nSPS) is 11.0. The van der Waals surface area contributed by atoms with Crippen LogP contribution in [-0.2, 0) is 11.3 Å². The van der Waals surface area contributed by atoms with Gasteiger partial charge >= 0.3 is 0 Å². The van der Waals surface area contributed by atoms with Gasteiger partial charge in [-0.05, 0) is 36.5 Å². The molecule has 0 spiro atoms. The number of hydrogen-bond donors (Lipinski definition) is 1. The maximum absolute atomic E-state index is 5.71. The van der Waals surface area contributed by atoms with E-state index in [1.54, 1.807) is 0 Å². The van der Waals surface area contributed by atoms with E-state index in [0.29, 0.717) is 5.92 Å². The first-order valence-corrected chi connectivity index (χ1v) is 8.22. The van der Waals surface area contributed by atoms with Crippen LogP contribution in [0, 0.1) is 5.92 Å². The Morgan fingerprint density at radius 2 is 1.81 bits per heavy atom. The summed E-state index contributed by atoms with van der Waals surface area (Å²) in [5.74, 6) is 1.65. The Hall–Kier alpha value is -1.06. The lowest BCUT2D eigenvalue weighted by Crippen LogP contribution is -2.19. The van der Waals surface area contributed by atoms with Crippen molar-refractivity contribution in [2.45, 2.75) is 46.6 Å². The van der Waals surface area contributed by atoms with E-state index in [4.69, 9.17) is 9.47 Å². The molecule has 0 saturated heterocycles. The Labute approximate surface area is 130 Å². The van der Waals surface area contributed by atoms with E-state index in [9.17, 15) is 0 Å². The van der Waals surface area contributed by atoms with Crippen LogP contribution in [0.4, 0.5) is 0 Å². The lowest BCUT2D eigenvalue weighted by molar-refractivity contribution is 0.133. The fourth-order valence-corrected chi connectivity index (χ4v) is 1.84. The summed E-state index contributed by atoms with van der Waals surface area (Å²) in [5, 5.41) is 3.39. The van der Waals surface area contributed by atoms with Gasteiger partial charge < -0.3 is 14.8 Å². The van der Waals surface area contributed by atoms with Gasteiger partial charge in [0.2, 0.25) is 0 Å². The average Bonchev–Trinajstić information content (AvgIpc) is 2.47. The second kappa shape index (κ2) is 11.6. The van der Waals surface area contributed by atoms with Crippen LogP contribution >= 0.6 is 0 Å². The first-order valence-electron chi connectivity index (χ1n) is 8.22. The number of rotatable bonds is 12. The molecule has 3 heteroatoms. The molecule has 0 aliphatic rings. The van der Waals surface area contributed by atoms with Crippen molar-refractivity contribution in [2.24, 2.45) is 5.92 Å². The molecule has 3 nitrogen and oxygen atoms in total. The lowest BCUT2D eigenvalue weighted by Gasteiger charge is -2.09. The quantitative estimate of drug-likeness (QED) is 0.590. The smallest absolute Gasteiger partial charge is 0.119 e. The Morgan fingerprint density at radius 3 is 2.48 bits per heavy atom. The predicted octanol–water partition coefficient (Wildman–Crippen LogP) is 4.02. The highest BCUT2D eigenvalue weighted by Crippen LogP contribution is 2.13. The van der Waals surface area contributed by atoms with Gasteiger partial charge in [-0.3, -0.25) is 0 Å². The maximum Gasteiger partial charge on any atom is 0.119 e. The maximum atomic E-state index is 5.71. The summed E-state index contributed by atoms with van der Waals surface area (Å²) in [6, 6.07) is 8.34. The standard InChI is InChI=1S/C18H31NO2/c1-4-5-12-20-14-11-19-15-17-6-8-18(9-7-17)21-13-10-16(2)3/h6-9,16,19H,4-5,10-15H2,1-3H3. The van der Waals surface area contributed by atoms with Gasteiger partial charge in [-0.15, -0.1) is 0 Å². The molecule has 1 rings (SSSR count). The zero-order valence-electron chi connectivity index (χ0n) is 13.9. The van der Waals surface area contributed by atoms with Crippen molar-refractivity contribution in [2.75, 3.05) is 26.4 Å². The van der Waals surface area contributed by atoms with Crippen molar-refractivity contribution in [3.63, 3.8) is 0 Å². The number of unbranched alkanes of at least 4 members (excludes halogenated alkanes) is 1. The molecule has 0 aliphatic heterocycles. The van der Waals surface area contributed by atoms with Gasteiger partial charge in [-0.2, -0.15) is 0 Å². The molecule has 0 bridgehead atoms. The third kappa shape index (κ3) is 9.48. The number of benzene rings is 1. The van der Waals surface area contributed by atoms with E-state index in [1.807, 2.05) is 0 Å². The third-order valence-corrected chi connectivity index (χ3v) is 3.28. The number of ether oxygens (including phenoxy) is 2. The summed E-state index contributed by atoms with van der Waals surface area (Å²) in [7, 11) is 0. The van der Waals surface area contributed by atoms with Gasteiger partial charge in [0.1, 0.15) is 5.75 Å². The summed E-state index contributed by atoms with van der Waals surface area (Å²) >= 11 is 0. The molecular formula is C18H31NO2. The summed E-state index contributed by atoms with van der Waals surface area (Å²) < 4.78 is 11.2. The zero-order valence-corrected chi connectivity index (χ0v) is 13.9. The zero-order chi connectivity index (χ0) is 15.3. The van der Waals surface area contributed by atoms with Crippen molar-refractivity contribution in [1.82, 2.24) is 5.32 Å². The molecule has 0 aromatic heterocycles. The summed E-state index contributed by atoms with van der Waals surface area (Å²) in [5.41, 5.74) is 1.28. The second-order valence-electron chi connectivity index (χ2n) is 5.82. The average molecular weight is 293 g/mol. The minimum absolute atomic E-state index is 0.688. The molecule has 0 heterocycles. The third-order valence-electron chi connectivity index (χ3n) is 3.28. The molecular weight excluding hydrogens is 262 g/mol. The van der Waals surface area contributed by atoms with E-state index >= 15 is 0 Å². The molecule has 21 heavy (non-hydrogen) atoms. The lowest BCUT2D eigenvalue weighted by atomic mass is 10.1. The van der Waals surface area contributed by atoms with Crippen LogP contribution < -0.4 is 10.1 Å². The van der Waals surface area contributed by atoms with Crippen LogP contribution in [0.25, 0.3) is 0 Å². The highest BCUT2D eigenvalue weighted by molar-refractivity contribution is 5.27. The molecule has 120 valence electrons.